The van der Waals surface area contributed by atoms with Crippen LogP contribution in [-0.4, -0.2) is 31.6 Å². The number of carbonyl (C=O) groups is 2. The van der Waals surface area contributed by atoms with E-state index in [-0.39, 0.29) is 35.7 Å². The number of amides is 2. The van der Waals surface area contributed by atoms with E-state index in [1.807, 2.05) is 6.92 Å². The third-order valence-corrected chi connectivity index (χ3v) is 4.03. The quantitative estimate of drug-likeness (QED) is 0.614. The molecule has 2 N–H and O–H groups in total. The second-order valence-electron chi connectivity index (χ2n) is 5.98. The molecule has 0 aliphatic rings. The van der Waals surface area contributed by atoms with Gasteiger partial charge in [-0.3, -0.25) is 9.59 Å². The molecule has 0 aliphatic carbocycles. The van der Waals surface area contributed by atoms with Crippen LogP contribution in [0.4, 0.5) is 4.39 Å². The van der Waals surface area contributed by atoms with E-state index in [0.29, 0.717) is 30.0 Å². The number of hydrogen-bond donors (Lipinski definition) is 2. The van der Waals surface area contributed by atoms with Crippen molar-refractivity contribution in [1.29, 1.82) is 0 Å². The van der Waals surface area contributed by atoms with Crippen molar-refractivity contribution in [2.45, 2.75) is 13.3 Å². The summed E-state index contributed by atoms with van der Waals surface area (Å²) < 4.78 is 23.8. The minimum absolute atomic E-state index is 0.0207. The summed E-state index contributed by atoms with van der Waals surface area (Å²) in [5, 5.41) is 5.29. The molecule has 2 amide bonds. The lowest BCUT2D eigenvalue weighted by Crippen LogP contribution is -2.31. The van der Waals surface area contributed by atoms with Crippen molar-refractivity contribution in [2.75, 3.05) is 19.8 Å². The van der Waals surface area contributed by atoms with Crippen molar-refractivity contribution < 1.29 is 23.5 Å². The SMILES string of the molecule is C=C(CCNC(=O)COc1ccc(Cl)c(F)c1)NC(=O)c1ccc(OCC)cc1. The Bertz CT molecular complexity index is 871. The molecule has 2 rings (SSSR count). The fourth-order valence-electron chi connectivity index (χ4n) is 2.28. The monoisotopic (exact) mass is 420 g/mol. The average Bonchev–Trinajstić information content (AvgIpc) is 2.69. The fraction of sp³-hybridized carbons (Fsp3) is 0.238. The highest BCUT2D eigenvalue weighted by atomic mass is 35.5. The van der Waals surface area contributed by atoms with Gasteiger partial charge in [-0.1, -0.05) is 18.2 Å². The molecule has 8 heteroatoms. The maximum Gasteiger partial charge on any atom is 0.257 e. The predicted octanol–water partition coefficient (Wildman–Crippen LogP) is 3.71. The Kier molecular flexibility index (Phi) is 8.48. The molecule has 0 fully saturated rings. The molecule has 0 radical (unpaired) electrons. The second-order valence-corrected chi connectivity index (χ2v) is 6.39. The zero-order chi connectivity index (χ0) is 21.2. The number of rotatable bonds is 10. The number of halogens is 2. The summed E-state index contributed by atoms with van der Waals surface area (Å²) in [4.78, 5) is 24.0. The standard InChI is InChI=1S/C21H22ClFN2O4/c1-3-28-16-6-4-15(5-7-16)21(27)25-14(2)10-11-24-20(26)13-29-17-8-9-18(22)19(23)12-17/h4-9,12H,2-3,10-11,13H2,1H3,(H,24,26)(H,25,27). The van der Waals surface area contributed by atoms with Gasteiger partial charge in [-0.25, -0.2) is 4.39 Å². The van der Waals surface area contributed by atoms with Gasteiger partial charge in [0.2, 0.25) is 0 Å². The Morgan fingerprint density at radius 2 is 1.79 bits per heavy atom. The lowest BCUT2D eigenvalue weighted by Gasteiger charge is -2.11. The lowest BCUT2D eigenvalue weighted by molar-refractivity contribution is -0.123. The van der Waals surface area contributed by atoms with Crippen LogP contribution < -0.4 is 20.1 Å². The van der Waals surface area contributed by atoms with Gasteiger partial charge in [0.25, 0.3) is 11.8 Å². The van der Waals surface area contributed by atoms with Gasteiger partial charge in [-0.2, -0.15) is 0 Å². The van der Waals surface area contributed by atoms with Crippen LogP contribution in [0.1, 0.15) is 23.7 Å². The van der Waals surface area contributed by atoms with Gasteiger partial charge in [-0.15, -0.1) is 0 Å². The summed E-state index contributed by atoms with van der Waals surface area (Å²) >= 11 is 5.58. The number of benzene rings is 2. The van der Waals surface area contributed by atoms with Gasteiger partial charge in [0, 0.05) is 30.3 Å². The van der Waals surface area contributed by atoms with E-state index in [1.54, 1.807) is 24.3 Å². The fourth-order valence-corrected chi connectivity index (χ4v) is 2.40. The van der Waals surface area contributed by atoms with Crippen molar-refractivity contribution in [3.63, 3.8) is 0 Å². The molecule has 0 aromatic heterocycles. The number of carbonyl (C=O) groups excluding carboxylic acids is 2. The first kappa shape index (κ1) is 22.2. The largest absolute Gasteiger partial charge is 0.494 e. The molecule has 2 aromatic carbocycles. The maximum atomic E-state index is 13.3. The smallest absolute Gasteiger partial charge is 0.257 e. The van der Waals surface area contributed by atoms with E-state index in [0.717, 1.165) is 6.07 Å². The lowest BCUT2D eigenvalue weighted by atomic mass is 10.2. The number of ether oxygens (including phenoxy) is 2. The highest BCUT2D eigenvalue weighted by Crippen LogP contribution is 2.20. The summed E-state index contributed by atoms with van der Waals surface area (Å²) in [6.07, 6.45) is 0.351. The minimum atomic E-state index is -0.621. The molecule has 0 heterocycles. The molecule has 29 heavy (non-hydrogen) atoms. The summed E-state index contributed by atoms with van der Waals surface area (Å²) in [5.74, 6) is -0.407. The van der Waals surface area contributed by atoms with E-state index in [2.05, 4.69) is 17.2 Å². The molecule has 0 bridgehead atoms. The Morgan fingerprint density at radius 3 is 2.45 bits per heavy atom. The third-order valence-electron chi connectivity index (χ3n) is 3.73. The Morgan fingerprint density at radius 1 is 1.10 bits per heavy atom. The number of nitrogens with one attached hydrogen (secondary N) is 2. The van der Waals surface area contributed by atoms with Gasteiger partial charge in [0.1, 0.15) is 17.3 Å². The second kappa shape index (κ2) is 11.1. The van der Waals surface area contributed by atoms with Crippen molar-refractivity contribution in [2.24, 2.45) is 0 Å². The van der Waals surface area contributed by atoms with E-state index in [4.69, 9.17) is 21.1 Å². The maximum absolute atomic E-state index is 13.3. The minimum Gasteiger partial charge on any atom is -0.494 e. The van der Waals surface area contributed by atoms with Gasteiger partial charge in [0.05, 0.1) is 11.6 Å². The van der Waals surface area contributed by atoms with Crippen LogP contribution in [-0.2, 0) is 4.79 Å². The molecule has 0 aliphatic heterocycles. The highest BCUT2D eigenvalue weighted by Gasteiger charge is 2.09. The van der Waals surface area contributed by atoms with Crippen LogP contribution in [0.15, 0.2) is 54.7 Å². The summed E-state index contributed by atoms with van der Waals surface area (Å²) in [6.45, 7) is 6.21. The molecule has 2 aromatic rings. The molecule has 154 valence electrons. The first-order valence-corrected chi connectivity index (χ1v) is 9.33. The molecular formula is C21H22ClFN2O4. The van der Waals surface area contributed by atoms with Crippen LogP contribution >= 0.6 is 11.6 Å². The van der Waals surface area contributed by atoms with Crippen molar-refractivity contribution in [3.8, 4) is 11.5 Å². The first-order valence-electron chi connectivity index (χ1n) is 8.95. The molecule has 6 nitrogen and oxygen atoms in total. The Hall–Kier alpha value is -3.06. The van der Waals surface area contributed by atoms with Crippen molar-refractivity contribution >= 4 is 23.4 Å². The number of hydrogen-bond acceptors (Lipinski definition) is 4. The molecular weight excluding hydrogens is 399 g/mol. The van der Waals surface area contributed by atoms with Crippen LogP contribution in [0.5, 0.6) is 11.5 Å². The van der Waals surface area contributed by atoms with E-state index in [1.165, 1.54) is 12.1 Å². The predicted molar refractivity (Wildman–Crippen MR) is 109 cm³/mol. The average molecular weight is 421 g/mol. The molecule has 0 unspecified atom stereocenters. The zero-order valence-electron chi connectivity index (χ0n) is 16.0. The Balaban J connectivity index is 1.68. The summed E-state index contributed by atoms with van der Waals surface area (Å²) in [6, 6.07) is 10.7. The van der Waals surface area contributed by atoms with Crippen molar-refractivity contribution in [3.05, 3.63) is 71.1 Å². The summed E-state index contributed by atoms with van der Waals surface area (Å²) in [7, 11) is 0. The van der Waals surface area contributed by atoms with Crippen LogP contribution in [0.3, 0.4) is 0 Å². The molecule has 0 saturated heterocycles. The molecule has 0 spiro atoms. The van der Waals surface area contributed by atoms with E-state index >= 15 is 0 Å². The van der Waals surface area contributed by atoms with Gasteiger partial charge in [-0.05, 0) is 43.3 Å². The van der Waals surface area contributed by atoms with Gasteiger partial charge < -0.3 is 20.1 Å². The van der Waals surface area contributed by atoms with Crippen LogP contribution in [0.25, 0.3) is 0 Å². The summed E-state index contributed by atoms with van der Waals surface area (Å²) in [5.41, 5.74) is 0.937. The molecule has 0 saturated carbocycles. The van der Waals surface area contributed by atoms with E-state index < -0.39 is 5.82 Å². The van der Waals surface area contributed by atoms with E-state index in [9.17, 15) is 14.0 Å². The molecule has 0 atom stereocenters. The highest BCUT2D eigenvalue weighted by molar-refractivity contribution is 6.30. The Labute approximate surface area is 173 Å². The normalized spacial score (nSPS) is 10.2. The van der Waals surface area contributed by atoms with Gasteiger partial charge >= 0.3 is 0 Å². The first-order chi connectivity index (χ1) is 13.9. The van der Waals surface area contributed by atoms with Crippen LogP contribution in [0.2, 0.25) is 5.02 Å². The zero-order valence-corrected chi connectivity index (χ0v) is 16.7. The third kappa shape index (κ3) is 7.46. The van der Waals surface area contributed by atoms with Gasteiger partial charge in [0.15, 0.2) is 6.61 Å². The van der Waals surface area contributed by atoms with Crippen molar-refractivity contribution in [1.82, 2.24) is 10.6 Å². The van der Waals surface area contributed by atoms with Crippen LogP contribution in [0, 0.1) is 5.82 Å². The topological polar surface area (TPSA) is 76.7 Å².